The molecular formula is C6H14N4S2. The Bertz CT molecular complexity index is 160. The summed E-state index contributed by atoms with van der Waals surface area (Å²) in [6, 6.07) is 0. The number of thiocarbonyl (C=S) groups is 2. The van der Waals surface area contributed by atoms with E-state index in [1.54, 1.807) is 0 Å². The van der Waals surface area contributed by atoms with Crippen molar-refractivity contribution in [2.75, 3.05) is 6.54 Å². The highest BCUT2D eigenvalue weighted by Gasteiger charge is 1.92. The van der Waals surface area contributed by atoms with Crippen LogP contribution in [0.5, 0.6) is 0 Å². The average molecular weight is 206 g/mol. The number of nitrogens with two attached hydrogens (primary N) is 1. The van der Waals surface area contributed by atoms with Crippen molar-refractivity contribution < 1.29 is 0 Å². The van der Waals surface area contributed by atoms with Crippen LogP contribution in [0.1, 0.15) is 19.8 Å². The summed E-state index contributed by atoms with van der Waals surface area (Å²) in [5.74, 6) is 0. The lowest BCUT2D eigenvalue weighted by Crippen LogP contribution is -2.48. The molecule has 12 heavy (non-hydrogen) atoms. The molecule has 0 aliphatic rings. The summed E-state index contributed by atoms with van der Waals surface area (Å²) in [5.41, 5.74) is 10.3. The average Bonchev–Trinajstić information content (AvgIpc) is 2.01. The maximum atomic E-state index is 5.17. The smallest absolute Gasteiger partial charge is 0.185 e. The summed E-state index contributed by atoms with van der Waals surface area (Å²) in [6.07, 6.45) is 2.23. The monoisotopic (exact) mass is 206 g/mol. The molecule has 0 unspecified atom stereocenters. The molecule has 70 valence electrons. The summed E-state index contributed by atoms with van der Waals surface area (Å²) < 4.78 is 0. The lowest BCUT2D eigenvalue weighted by molar-refractivity contribution is 0.732. The van der Waals surface area contributed by atoms with Gasteiger partial charge in [-0.15, -0.1) is 0 Å². The highest BCUT2D eigenvalue weighted by atomic mass is 32.1. The first-order valence-electron chi connectivity index (χ1n) is 3.76. The molecule has 0 aromatic rings. The van der Waals surface area contributed by atoms with Crippen molar-refractivity contribution in [2.24, 2.45) is 5.73 Å². The molecule has 4 nitrogen and oxygen atoms in total. The van der Waals surface area contributed by atoms with Gasteiger partial charge in [0.05, 0.1) is 0 Å². The number of hydrogen-bond acceptors (Lipinski definition) is 2. The van der Waals surface area contributed by atoms with Gasteiger partial charge in [-0.1, -0.05) is 13.3 Å². The lowest BCUT2D eigenvalue weighted by Gasteiger charge is -2.10. The SMILES string of the molecule is CCCCNC(=S)NNC(N)=S. The zero-order valence-corrected chi connectivity index (χ0v) is 8.65. The highest BCUT2D eigenvalue weighted by Crippen LogP contribution is 1.81. The van der Waals surface area contributed by atoms with Gasteiger partial charge in [-0.3, -0.25) is 10.9 Å². The van der Waals surface area contributed by atoms with E-state index in [4.69, 9.17) is 18.0 Å². The van der Waals surface area contributed by atoms with Gasteiger partial charge >= 0.3 is 0 Å². The van der Waals surface area contributed by atoms with Gasteiger partial charge in [0.25, 0.3) is 0 Å². The van der Waals surface area contributed by atoms with Crippen molar-refractivity contribution in [3.05, 3.63) is 0 Å². The van der Waals surface area contributed by atoms with Crippen molar-refractivity contribution in [1.29, 1.82) is 0 Å². The largest absolute Gasteiger partial charge is 0.375 e. The molecule has 0 atom stereocenters. The van der Waals surface area contributed by atoms with Gasteiger partial charge in [0.15, 0.2) is 10.2 Å². The number of rotatable bonds is 3. The Hall–Kier alpha value is -0.620. The molecule has 0 aromatic heterocycles. The fraction of sp³-hybridized carbons (Fsp3) is 0.667. The van der Waals surface area contributed by atoms with Crippen LogP contribution in [0.4, 0.5) is 0 Å². The third-order valence-electron chi connectivity index (χ3n) is 1.12. The van der Waals surface area contributed by atoms with Gasteiger partial charge in [0, 0.05) is 6.54 Å². The Morgan fingerprint density at radius 1 is 1.33 bits per heavy atom. The highest BCUT2D eigenvalue weighted by molar-refractivity contribution is 7.80. The molecule has 0 bridgehead atoms. The summed E-state index contributed by atoms with van der Waals surface area (Å²) >= 11 is 9.45. The first-order chi connectivity index (χ1) is 5.66. The molecular weight excluding hydrogens is 192 g/mol. The minimum atomic E-state index is 0.176. The second kappa shape index (κ2) is 7.05. The zero-order chi connectivity index (χ0) is 9.40. The fourth-order valence-electron chi connectivity index (χ4n) is 0.541. The Labute approximate surface area is 83.2 Å². The predicted octanol–water partition coefficient (Wildman–Crippen LogP) is -0.00120. The van der Waals surface area contributed by atoms with Crippen LogP contribution in [0.15, 0.2) is 0 Å². The van der Waals surface area contributed by atoms with Crippen LogP contribution >= 0.6 is 24.4 Å². The van der Waals surface area contributed by atoms with E-state index in [2.05, 4.69) is 35.3 Å². The quantitative estimate of drug-likeness (QED) is 0.296. The van der Waals surface area contributed by atoms with Crippen LogP contribution in [-0.2, 0) is 0 Å². The maximum absolute atomic E-state index is 5.17. The second-order valence-corrected chi connectivity index (χ2v) is 3.07. The number of hydrogen-bond donors (Lipinski definition) is 4. The van der Waals surface area contributed by atoms with Crippen LogP contribution in [0.25, 0.3) is 0 Å². The van der Waals surface area contributed by atoms with Crippen molar-refractivity contribution in [1.82, 2.24) is 16.2 Å². The van der Waals surface area contributed by atoms with Gasteiger partial charge < -0.3 is 11.1 Å². The van der Waals surface area contributed by atoms with Crippen LogP contribution in [0.3, 0.4) is 0 Å². The Morgan fingerprint density at radius 2 is 2.00 bits per heavy atom. The van der Waals surface area contributed by atoms with Gasteiger partial charge in [0.1, 0.15) is 0 Å². The Balaban J connectivity index is 3.28. The van der Waals surface area contributed by atoms with Crippen LogP contribution in [-0.4, -0.2) is 16.8 Å². The molecule has 0 spiro atoms. The normalized spacial score (nSPS) is 8.75. The van der Waals surface area contributed by atoms with Gasteiger partial charge in [-0.05, 0) is 30.9 Å². The molecule has 0 saturated carbocycles. The van der Waals surface area contributed by atoms with E-state index in [0.717, 1.165) is 19.4 Å². The van der Waals surface area contributed by atoms with E-state index in [-0.39, 0.29) is 5.11 Å². The molecule has 0 heterocycles. The summed E-state index contributed by atoms with van der Waals surface area (Å²) in [6.45, 7) is 2.98. The Kier molecular flexibility index (Phi) is 6.69. The minimum Gasteiger partial charge on any atom is -0.375 e. The number of hydrazine groups is 1. The third-order valence-corrected chi connectivity index (χ3v) is 1.46. The molecule has 0 aromatic carbocycles. The second-order valence-electron chi connectivity index (χ2n) is 2.22. The number of nitrogens with one attached hydrogen (secondary N) is 3. The topological polar surface area (TPSA) is 62.1 Å². The maximum Gasteiger partial charge on any atom is 0.185 e. The Morgan fingerprint density at radius 3 is 2.50 bits per heavy atom. The van der Waals surface area contributed by atoms with E-state index in [1.165, 1.54) is 0 Å². The molecule has 5 N–H and O–H groups in total. The van der Waals surface area contributed by atoms with Gasteiger partial charge in [0.2, 0.25) is 0 Å². The van der Waals surface area contributed by atoms with E-state index in [1.807, 2.05) is 0 Å². The van der Waals surface area contributed by atoms with E-state index in [0.29, 0.717) is 5.11 Å². The first-order valence-corrected chi connectivity index (χ1v) is 4.57. The molecule has 0 saturated heterocycles. The van der Waals surface area contributed by atoms with Crippen LogP contribution in [0.2, 0.25) is 0 Å². The predicted molar refractivity (Wildman–Crippen MR) is 58.6 cm³/mol. The van der Waals surface area contributed by atoms with Gasteiger partial charge in [-0.2, -0.15) is 0 Å². The standard InChI is InChI=1S/C6H14N4S2/c1-2-3-4-8-6(12)10-9-5(7)11/h2-4H2,1H3,(H3,7,9,11)(H2,8,10,12). The van der Waals surface area contributed by atoms with Crippen molar-refractivity contribution >= 4 is 34.7 Å². The van der Waals surface area contributed by atoms with Crippen LogP contribution in [0, 0.1) is 0 Å². The summed E-state index contributed by atoms with van der Waals surface area (Å²) in [4.78, 5) is 0. The molecule has 0 aliphatic heterocycles. The fourth-order valence-corrected chi connectivity index (χ4v) is 0.745. The van der Waals surface area contributed by atoms with Gasteiger partial charge in [-0.25, -0.2) is 0 Å². The zero-order valence-electron chi connectivity index (χ0n) is 7.02. The van der Waals surface area contributed by atoms with E-state index < -0.39 is 0 Å². The van der Waals surface area contributed by atoms with Crippen molar-refractivity contribution in [2.45, 2.75) is 19.8 Å². The molecule has 0 rings (SSSR count). The summed E-state index contributed by atoms with van der Waals surface area (Å²) in [7, 11) is 0. The molecule has 0 radical (unpaired) electrons. The van der Waals surface area contributed by atoms with E-state index in [9.17, 15) is 0 Å². The number of unbranched alkanes of at least 4 members (excludes halogenated alkanes) is 1. The molecule has 6 heteroatoms. The first kappa shape index (κ1) is 11.4. The third kappa shape index (κ3) is 7.49. The summed E-state index contributed by atoms with van der Waals surface area (Å²) in [5, 5.41) is 3.67. The minimum absolute atomic E-state index is 0.176. The lowest BCUT2D eigenvalue weighted by atomic mass is 10.3. The van der Waals surface area contributed by atoms with Crippen molar-refractivity contribution in [3.63, 3.8) is 0 Å². The molecule has 0 amide bonds. The van der Waals surface area contributed by atoms with Crippen molar-refractivity contribution in [3.8, 4) is 0 Å². The van der Waals surface area contributed by atoms with E-state index >= 15 is 0 Å². The molecule has 0 aliphatic carbocycles. The molecule has 0 fully saturated rings. The van der Waals surface area contributed by atoms with Crippen LogP contribution < -0.4 is 21.9 Å².